The van der Waals surface area contributed by atoms with Crippen LogP contribution in [0, 0.1) is 5.92 Å². The minimum Gasteiger partial charge on any atom is -0.438 e. The number of piperidine rings is 1. The van der Waals surface area contributed by atoms with Gasteiger partial charge in [-0.2, -0.15) is 11.3 Å². The number of amides is 1. The van der Waals surface area contributed by atoms with Gasteiger partial charge in [0.25, 0.3) is 0 Å². The van der Waals surface area contributed by atoms with Gasteiger partial charge in [-0.05, 0) is 46.7 Å². The van der Waals surface area contributed by atoms with Crippen LogP contribution in [0.5, 0.6) is 5.75 Å². The van der Waals surface area contributed by atoms with Crippen molar-refractivity contribution in [2.24, 2.45) is 5.92 Å². The van der Waals surface area contributed by atoms with Gasteiger partial charge in [-0.3, -0.25) is 9.59 Å². The van der Waals surface area contributed by atoms with E-state index in [1.807, 2.05) is 47.2 Å². The number of hydrogen-bond donors (Lipinski definition) is 2. The highest BCUT2D eigenvalue weighted by molar-refractivity contribution is 8.03. The molecule has 0 radical (unpaired) electrons. The van der Waals surface area contributed by atoms with Gasteiger partial charge in [0.2, 0.25) is 5.91 Å². The number of nitrogens with zero attached hydrogens (tertiary/aromatic N) is 2. The molecule has 4 heterocycles. The first-order chi connectivity index (χ1) is 16.5. The smallest absolute Gasteiger partial charge is 0.235 e. The number of allylic oxidation sites excluding steroid dienone is 2. The Hall–Kier alpha value is -3.14. The molecule has 3 aromatic rings. The number of carbonyl (C=O) groups is 2. The van der Waals surface area contributed by atoms with E-state index in [1.165, 1.54) is 41.8 Å². The van der Waals surface area contributed by atoms with E-state index in [4.69, 9.17) is 16.3 Å². The van der Waals surface area contributed by atoms with Crippen molar-refractivity contribution in [1.82, 2.24) is 20.6 Å². The Labute approximate surface area is 209 Å². The molecular formula is C24H19ClN4O3S2. The van der Waals surface area contributed by atoms with E-state index in [0.29, 0.717) is 10.7 Å². The maximum atomic E-state index is 13.4. The minimum absolute atomic E-state index is 0.152. The molecule has 2 aliphatic heterocycles. The van der Waals surface area contributed by atoms with E-state index in [2.05, 4.69) is 20.6 Å². The van der Waals surface area contributed by atoms with Gasteiger partial charge < -0.3 is 15.4 Å². The number of ether oxygens (including phenoxy) is 1. The Morgan fingerprint density at radius 2 is 1.91 bits per heavy atom. The number of halogens is 1. The summed E-state index contributed by atoms with van der Waals surface area (Å²) in [5.74, 6) is -1.16. The number of aromatic nitrogens is 2. The van der Waals surface area contributed by atoms with Crippen LogP contribution in [-0.4, -0.2) is 26.7 Å². The van der Waals surface area contributed by atoms with Crippen LogP contribution in [0.3, 0.4) is 0 Å². The molecule has 1 aromatic carbocycles. The summed E-state index contributed by atoms with van der Waals surface area (Å²) in [7, 11) is 0. The van der Waals surface area contributed by atoms with E-state index in [-0.39, 0.29) is 24.1 Å². The van der Waals surface area contributed by atoms with Crippen LogP contribution in [0.2, 0.25) is 0 Å². The van der Waals surface area contributed by atoms with E-state index in [9.17, 15) is 9.59 Å². The van der Waals surface area contributed by atoms with E-state index >= 15 is 0 Å². The lowest BCUT2D eigenvalue weighted by molar-refractivity contribution is -0.139. The van der Waals surface area contributed by atoms with E-state index in [0.717, 1.165) is 10.5 Å². The van der Waals surface area contributed by atoms with Crippen molar-refractivity contribution in [3.8, 4) is 5.75 Å². The number of Topliss-reactive ketones (excluding diaryl/α,β-unsaturated/α-hetero) is 1. The summed E-state index contributed by atoms with van der Waals surface area (Å²) in [6.45, 7) is 0. The fourth-order valence-corrected chi connectivity index (χ4v) is 6.07. The highest BCUT2D eigenvalue weighted by Crippen LogP contribution is 2.46. The highest BCUT2D eigenvalue weighted by Gasteiger charge is 2.53. The maximum Gasteiger partial charge on any atom is 0.235 e. The first-order valence-electron chi connectivity index (χ1n) is 10.4. The van der Waals surface area contributed by atoms with Crippen LogP contribution in [0.25, 0.3) is 0 Å². The lowest BCUT2D eigenvalue weighted by atomic mass is 9.83. The van der Waals surface area contributed by atoms with Crippen LogP contribution < -0.4 is 15.4 Å². The second kappa shape index (κ2) is 9.61. The van der Waals surface area contributed by atoms with Crippen LogP contribution in [-0.2, 0) is 9.59 Å². The second-order valence-electron chi connectivity index (χ2n) is 7.71. The summed E-state index contributed by atoms with van der Waals surface area (Å²) in [4.78, 5) is 34.6. The second-order valence-corrected chi connectivity index (χ2v) is 10.2. The van der Waals surface area contributed by atoms with Gasteiger partial charge in [-0.1, -0.05) is 41.6 Å². The first-order valence-corrected chi connectivity index (χ1v) is 12.6. The predicted octanol–water partition coefficient (Wildman–Crippen LogP) is 4.42. The molecular weight excluding hydrogens is 492 g/mol. The van der Waals surface area contributed by atoms with Gasteiger partial charge in [0.15, 0.2) is 22.4 Å². The van der Waals surface area contributed by atoms with Crippen molar-refractivity contribution in [3.63, 3.8) is 0 Å². The molecule has 34 heavy (non-hydrogen) atoms. The van der Waals surface area contributed by atoms with E-state index in [1.54, 1.807) is 12.2 Å². The van der Waals surface area contributed by atoms with Crippen molar-refractivity contribution in [3.05, 3.63) is 94.4 Å². The number of alkyl halides is 1. The molecule has 0 bridgehead atoms. The van der Waals surface area contributed by atoms with Crippen LogP contribution in [0.15, 0.2) is 93.7 Å². The van der Waals surface area contributed by atoms with Crippen molar-refractivity contribution in [2.45, 2.75) is 22.4 Å². The predicted molar refractivity (Wildman–Crippen MR) is 131 cm³/mol. The van der Waals surface area contributed by atoms with Crippen LogP contribution in [0.1, 0.15) is 18.0 Å². The summed E-state index contributed by atoms with van der Waals surface area (Å²) >= 11 is 10.1. The molecule has 1 saturated heterocycles. The number of rotatable bonds is 6. The molecule has 2 aromatic heterocycles. The first kappa shape index (κ1) is 22.6. The topological polar surface area (TPSA) is 93.2 Å². The minimum atomic E-state index is -1.54. The molecule has 0 saturated carbocycles. The zero-order chi connectivity index (χ0) is 23.5. The van der Waals surface area contributed by atoms with Crippen molar-refractivity contribution in [1.29, 1.82) is 0 Å². The molecule has 172 valence electrons. The SMILES string of the molecule is O=C1CC(c2ccsc2)NC(=O)C1C1(Cl)NC(Oc2cncnc2)=CC=C1Sc1ccccc1. The molecule has 1 amide bonds. The summed E-state index contributed by atoms with van der Waals surface area (Å²) in [5.41, 5.74) is 0.910. The number of ketones is 1. The average molecular weight is 511 g/mol. The largest absolute Gasteiger partial charge is 0.438 e. The van der Waals surface area contributed by atoms with Crippen LogP contribution >= 0.6 is 34.7 Å². The lowest BCUT2D eigenvalue weighted by Crippen LogP contribution is -2.60. The Bertz CT molecular complexity index is 1230. The lowest BCUT2D eigenvalue weighted by Gasteiger charge is -2.41. The van der Waals surface area contributed by atoms with Crippen molar-refractivity contribution < 1.29 is 14.3 Å². The molecule has 3 unspecified atom stereocenters. The molecule has 5 rings (SSSR count). The molecule has 1 fully saturated rings. The molecule has 2 aliphatic rings. The number of hydrogen-bond acceptors (Lipinski definition) is 8. The Morgan fingerprint density at radius 3 is 2.62 bits per heavy atom. The van der Waals surface area contributed by atoms with Gasteiger partial charge in [0.1, 0.15) is 12.2 Å². The monoisotopic (exact) mass is 510 g/mol. The third-order valence-corrected chi connectivity index (χ3v) is 7.95. The molecule has 2 N–H and O–H groups in total. The standard InChI is InChI=1S/C24H19ClN4O3S2/c25-24(22-19(30)10-18(28-23(22)31)15-8-9-33-13-15)20(34-17-4-2-1-3-5-17)6-7-21(29-24)32-16-11-26-14-27-12-16/h1-9,11-14,18,22,29H,10H2,(H,28,31). The Morgan fingerprint density at radius 1 is 1.12 bits per heavy atom. The Kier molecular flexibility index (Phi) is 6.40. The Balaban J connectivity index is 1.46. The van der Waals surface area contributed by atoms with Gasteiger partial charge >= 0.3 is 0 Å². The summed E-state index contributed by atoms with van der Waals surface area (Å²) in [6, 6.07) is 11.2. The average Bonchev–Trinajstić information content (AvgIpc) is 3.37. The number of benzene rings is 1. The van der Waals surface area contributed by atoms with Crippen LogP contribution in [0.4, 0.5) is 0 Å². The molecule has 7 nitrogen and oxygen atoms in total. The quantitative estimate of drug-likeness (QED) is 0.288. The third-order valence-electron chi connectivity index (χ3n) is 5.43. The number of dihydropyridines is 1. The van der Waals surface area contributed by atoms with Gasteiger partial charge in [0.05, 0.1) is 18.4 Å². The molecule has 0 spiro atoms. The zero-order valence-corrected chi connectivity index (χ0v) is 20.1. The van der Waals surface area contributed by atoms with Gasteiger partial charge in [0, 0.05) is 16.2 Å². The zero-order valence-electron chi connectivity index (χ0n) is 17.7. The highest BCUT2D eigenvalue weighted by atomic mass is 35.5. The van der Waals surface area contributed by atoms with Crippen molar-refractivity contribution >= 4 is 46.4 Å². The van der Waals surface area contributed by atoms with Crippen molar-refractivity contribution in [2.75, 3.05) is 0 Å². The molecule has 3 atom stereocenters. The fourth-order valence-electron chi connectivity index (χ4n) is 3.87. The number of thioether (sulfide) groups is 1. The molecule has 10 heteroatoms. The number of thiophene rings is 1. The third kappa shape index (κ3) is 4.59. The van der Waals surface area contributed by atoms with E-state index < -0.39 is 16.8 Å². The van der Waals surface area contributed by atoms with Gasteiger partial charge in [-0.25, -0.2) is 9.97 Å². The summed E-state index contributed by atoms with van der Waals surface area (Å²) in [5, 5.41) is 9.94. The summed E-state index contributed by atoms with van der Waals surface area (Å²) < 4.78 is 5.84. The van der Waals surface area contributed by atoms with Gasteiger partial charge in [-0.15, -0.1) is 0 Å². The fraction of sp³-hybridized carbons (Fsp3) is 0.167. The maximum absolute atomic E-state index is 13.4. The normalized spacial score (nSPS) is 24.5. The number of carbonyl (C=O) groups excluding carboxylic acids is 2. The molecule has 0 aliphatic carbocycles. The number of nitrogens with one attached hydrogen (secondary N) is 2. The summed E-state index contributed by atoms with van der Waals surface area (Å²) in [6.07, 6.45) is 8.04.